The molecule has 4 aliphatic rings. The topological polar surface area (TPSA) is 86.7 Å². The molecule has 8 atom stereocenters. The third kappa shape index (κ3) is 4.40. The van der Waals surface area contributed by atoms with Gasteiger partial charge in [0.2, 0.25) is 5.78 Å². The fourth-order valence-electron chi connectivity index (χ4n) is 8.20. The molecule has 0 spiro atoms. The molecule has 3 saturated carbocycles. The zero-order chi connectivity index (χ0) is 25.7. The largest absolute Gasteiger partial charge is 0.417 e. The van der Waals surface area contributed by atoms with Crippen molar-refractivity contribution in [3.05, 3.63) is 11.6 Å². The monoisotopic (exact) mass is 486 g/mol. The molecule has 35 heavy (non-hydrogen) atoms. The molecule has 4 aliphatic carbocycles. The number of ketones is 2. The van der Waals surface area contributed by atoms with Crippen molar-refractivity contribution in [2.45, 2.75) is 99.2 Å². The molecular formula is C29H42O6. The van der Waals surface area contributed by atoms with Crippen LogP contribution in [0.3, 0.4) is 0 Å². The summed E-state index contributed by atoms with van der Waals surface area (Å²) in [6.45, 7) is 11.9. The maximum atomic E-state index is 13.8. The minimum atomic E-state index is -1.46. The summed E-state index contributed by atoms with van der Waals surface area (Å²) >= 11 is 0. The van der Waals surface area contributed by atoms with Crippen LogP contribution in [0.25, 0.3) is 0 Å². The number of ether oxygens (including phenoxy) is 2. The first-order valence-corrected chi connectivity index (χ1v) is 13.6. The number of carbonyl (C=O) groups is 4. The Morgan fingerprint density at radius 1 is 1.06 bits per heavy atom. The number of hydrogen-bond acceptors (Lipinski definition) is 6. The fraction of sp³-hybridized carbons (Fsp3) is 0.793. The van der Waals surface area contributed by atoms with E-state index in [1.165, 1.54) is 5.57 Å². The van der Waals surface area contributed by atoms with E-state index >= 15 is 0 Å². The lowest BCUT2D eigenvalue weighted by Crippen LogP contribution is -2.53. The van der Waals surface area contributed by atoms with Gasteiger partial charge in [0.1, 0.15) is 0 Å². The van der Waals surface area contributed by atoms with Gasteiger partial charge in [-0.15, -0.1) is 0 Å². The minimum Gasteiger partial charge on any atom is -0.417 e. The molecule has 0 radical (unpaired) electrons. The van der Waals surface area contributed by atoms with Gasteiger partial charge in [-0.1, -0.05) is 47.1 Å². The Balaban J connectivity index is 1.59. The molecule has 3 fully saturated rings. The molecule has 6 nitrogen and oxygen atoms in total. The number of rotatable bonds is 6. The highest BCUT2D eigenvalue weighted by Crippen LogP contribution is 2.67. The highest BCUT2D eigenvalue weighted by atomic mass is 16.7. The maximum Gasteiger partial charge on any atom is 0.311 e. The standard InChI is InChI=1S/C29H42O6/c1-7-24(31)34-27(35-26(33)16(2)3)25(32)22-9-8-20-19-14-17(4)23-15-18(30)10-12-29(23,6)21(19)11-13-28(20,22)5/h15-17,19-22,27H,7-14H2,1-6H3/t17-,19-,20-,21-,22+,27?,28-,29+/m0/s1. The van der Waals surface area contributed by atoms with E-state index in [2.05, 4.69) is 20.8 Å². The summed E-state index contributed by atoms with van der Waals surface area (Å²) in [6, 6.07) is 0. The van der Waals surface area contributed by atoms with Gasteiger partial charge < -0.3 is 9.47 Å². The average molecular weight is 487 g/mol. The molecule has 0 heterocycles. The van der Waals surface area contributed by atoms with Gasteiger partial charge in [0.05, 0.1) is 5.92 Å². The molecule has 0 bridgehead atoms. The van der Waals surface area contributed by atoms with Crippen molar-refractivity contribution in [2.75, 3.05) is 0 Å². The number of hydrogen-bond donors (Lipinski definition) is 0. The summed E-state index contributed by atoms with van der Waals surface area (Å²) < 4.78 is 10.8. The Bertz CT molecular complexity index is 933. The SMILES string of the molecule is CCC(=O)OC(OC(=O)C(C)C)C(=O)[C@H]1CC[C@H]2[C@@H]3C[C@H](C)C4=CC(=O)CC[C@]4(C)[C@H]3CC[C@]12C. The molecule has 0 aromatic carbocycles. The minimum absolute atomic E-state index is 0.0612. The Labute approximate surface area is 209 Å². The Morgan fingerprint density at radius 3 is 2.43 bits per heavy atom. The molecule has 0 aromatic rings. The van der Waals surface area contributed by atoms with E-state index in [-0.39, 0.29) is 34.7 Å². The van der Waals surface area contributed by atoms with Crippen LogP contribution in [0.5, 0.6) is 0 Å². The number of fused-ring (bicyclic) bond motifs is 5. The molecule has 0 saturated heterocycles. The molecule has 0 aliphatic heterocycles. The van der Waals surface area contributed by atoms with E-state index < -0.39 is 24.1 Å². The van der Waals surface area contributed by atoms with E-state index in [4.69, 9.17) is 9.47 Å². The van der Waals surface area contributed by atoms with Crippen LogP contribution in [0.15, 0.2) is 11.6 Å². The molecular weight excluding hydrogens is 444 g/mol. The van der Waals surface area contributed by atoms with Crippen LogP contribution in [0.4, 0.5) is 0 Å². The van der Waals surface area contributed by atoms with Crippen molar-refractivity contribution in [1.82, 2.24) is 0 Å². The van der Waals surface area contributed by atoms with Crippen molar-refractivity contribution in [1.29, 1.82) is 0 Å². The van der Waals surface area contributed by atoms with Gasteiger partial charge in [0, 0.05) is 18.8 Å². The molecule has 1 unspecified atom stereocenters. The van der Waals surface area contributed by atoms with E-state index in [9.17, 15) is 19.2 Å². The van der Waals surface area contributed by atoms with Crippen LogP contribution in [0.1, 0.15) is 92.9 Å². The first-order valence-electron chi connectivity index (χ1n) is 13.6. The van der Waals surface area contributed by atoms with Gasteiger partial charge in [-0.05, 0) is 79.1 Å². The molecule has 194 valence electrons. The lowest BCUT2D eigenvalue weighted by atomic mass is 9.45. The molecule has 6 heteroatoms. The highest BCUT2D eigenvalue weighted by molar-refractivity contribution is 5.92. The van der Waals surface area contributed by atoms with Crippen LogP contribution in [0, 0.1) is 46.3 Å². The fourth-order valence-corrected chi connectivity index (χ4v) is 8.20. The summed E-state index contributed by atoms with van der Waals surface area (Å²) in [4.78, 5) is 50.4. The third-order valence-electron chi connectivity index (χ3n) is 10.1. The predicted molar refractivity (Wildman–Crippen MR) is 131 cm³/mol. The molecule has 0 amide bonds. The number of carbonyl (C=O) groups excluding carboxylic acids is 4. The second-order valence-corrected chi connectivity index (χ2v) is 12.3. The van der Waals surface area contributed by atoms with Gasteiger partial charge >= 0.3 is 18.2 Å². The van der Waals surface area contributed by atoms with Crippen LogP contribution in [0.2, 0.25) is 0 Å². The van der Waals surface area contributed by atoms with E-state index in [0.717, 1.165) is 38.5 Å². The maximum absolute atomic E-state index is 13.8. The predicted octanol–water partition coefficient (Wildman–Crippen LogP) is 5.43. The molecule has 0 aromatic heterocycles. The Morgan fingerprint density at radius 2 is 1.77 bits per heavy atom. The van der Waals surface area contributed by atoms with Crippen molar-refractivity contribution < 1.29 is 28.7 Å². The van der Waals surface area contributed by atoms with Crippen LogP contribution in [-0.2, 0) is 28.7 Å². The summed E-state index contributed by atoms with van der Waals surface area (Å²) in [5.74, 6) is 0.0216. The summed E-state index contributed by atoms with van der Waals surface area (Å²) in [6.07, 6.45) is 6.85. The van der Waals surface area contributed by atoms with Crippen LogP contribution < -0.4 is 0 Å². The number of allylic oxidation sites excluding steroid dienone is 1. The van der Waals surface area contributed by atoms with Gasteiger partial charge in [0.15, 0.2) is 5.78 Å². The van der Waals surface area contributed by atoms with Gasteiger partial charge in [-0.2, -0.15) is 0 Å². The molecule has 4 rings (SSSR count). The van der Waals surface area contributed by atoms with E-state index in [1.54, 1.807) is 20.8 Å². The van der Waals surface area contributed by atoms with Crippen molar-refractivity contribution in [3.63, 3.8) is 0 Å². The second-order valence-electron chi connectivity index (χ2n) is 12.3. The zero-order valence-corrected chi connectivity index (χ0v) is 22.2. The van der Waals surface area contributed by atoms with Crippen molar-refractivity contribution >= 4 is 23.5 Å². The zero-order valence-electron chi connectivity index (χ0n) is 22.2. The first kappa shape index (κ1) is 26.1. The first-order chi connectivity index (χ1) is 16.4. The normalized spacial score (nSPS) is 39.1. The van der Waals surface area contributed by atoms with E-state index in [1.807, 2.05) is 6.08 Å². The van der Waals surface area contributed by atoms with Crippen LogP contribution in [-0.4, -0.2) is 29.8 Å². The van der Waals surface area contributed by atoms with Gasteiger partial charge in [0.25, 0.3) is 0 Å². The number of Topliss-reactive ketones (excluding diaryl/α,β-unsaturated/α-hetero) is 1. The highest BCUT2D eigenvalue weighted by Gasteiger charge is 2.62. The molecule has 0 N–H and O–H groups in total. The lowest BCUT2D eigenvalue weighted by molar-refractivity contribution is -0.197. The van der Waals surface area contributed by atoms with Crippen molar-refractivity contribution in [2.24, 2.45) is 46.3 Å². The van der Waals surface area contributed by atoms with E-state index in [0.29, 0.717) is 30.1 Å². The lowest BCUT2D eigenvalue weighted by Gasteiger charge is -2.59. The summed E-state index contributed by atoms with van der Waals surface area (Å²) in [5, 5.41) is 0. The Kier molecular flexibility index (Phi) is 7.07. The Hall–Kier alpha value is -1.98. The van der Waals surface area contributed by atoms with Crippen molar-refractivity contribution in [3.8, 4) is 0 Å². The quantitative estimate of drug-likeness (QED) is 0.368. The summed E-state index contributed by atoms with van der Waals surface area (Å²) in [5.41, 5.74) is 1.20. The third-order valence-corrected chi connectivity index (χ3v) is 10.1. The number of esters is 2. The van der Waals surface area contributed by atoms with Gasteiger partial charge in [-0.3, -0.25) is 19.2 Å². The summed E-state index contributed by atoms with van der Waals surface area (Å²) in [7, 11) is 0. The van der Waals surface area contributed by atoms with Crippen LogP contribution >= 0.6 is 0 Å². The average Bonchev–Trinajstić information content (AvgIpc) is 3.16. The smallest absolute Gasteiger partial charge is 0.311 e. The van der Waals surface area contributed by atoms with Gasteiger partial charge in [-0.25, -0.2) is 0 Å². The second kappa shape index (κ2) is 9.48.